The van der Waals surface area contributed by atoms with Gasteiger partial charge in [-0.3, -0.25) is 0 Å². The first-order valence-electron chi connectivity index (χ1n) is 8.10. The molecular formula is C14H21Cl4N3O3Zn. The van der Waals surface area contributed by atoms with Gasteiger partial charge in [-0.05, 0) is 19.9 Å². The number of rotatable bonds is 5. The average molecular weight is 487 g/mol. The molecule has 0 aromatic heterocycles. The molecule has 0 radical (unpaired) electrons. The molecule has 0 aromatic carbocycles. The molecule has 0 aromatic rings. The molecule has 1 saturated heterocycles. The SMILES string of the molecule is CCOC1=CC(=[N+]=[N-])C(OCC)C=C1N1CCOCC1.[Cl][Zn]([Cl])([Cl])[Cl]. The molecule has 1 atom stereocenters. The predicted molar refractivity (Wildman–Crippen MR) is 97.6 cm³/mol. The summed E-state index contributed by atoms with van der Waals surface area (Å²) in [7, 11) is 16.8. The van der Waals surface area contributed by atoms with E-state index in [1.54, 1.807) is 6.08 Å². The summed E-state index contributed by atoms with van der Waals surface area (Å²) in [5.41, 5.74) is 10.6. The third-order valence-electron chi connectivity index (χ3n) is 3.25. The van der Waals surface area contributed by atoms with Gasteiger partial charge in [-0.25, -0.2) is 0 Å². The number of hydrogen-bond donors (Lipinski definition) is 0. The van der Waals surface area contributed by atoms with Crippen LogP contribution in [-0.4, -0.2) is 61.0 Å². The van der Waals surface area contributed by atoms with Gasteiger partial charge < -0.3 is 24.6 Å². The van der Waals surface area contributed by atoms with Crippen molar-refractivity contribution in [3.63, 3.8) is 0 Å². The fourth-order valence-electron chi connectivity index (χ4n) is 2.34. The molecule has 25 heavy (non-hydrogen) atoms. The summed E-state index contributed by atoms with van der Waals surface area (Å²) in [5.74, 6) is 0.721. The Bertz CT molecular complexity index is 536. The summed E-state index contributed by atoms with van der Waals surface area (Å²) >= 11 is 0. The quantitative estimate of drug-likeness (QED) is 0.335. The zero-order chi connectivity index (χ0) is 18.9. The van der Waals surface area contributed by atoms with Gasteiger partial charge in [-0.1, -0.05) is 0 Å². The molecule has 0 bridgehead atoms. The van der Waals surface area contributed by atoms with Crippen molar-refractivity contribution in [2.45, 2.75) is 20.0 Å². The summed E-state index contributed by atoms with van der Waals surface area (Å²) < 4.78 is 16.7. The van der Waals surface area contributed by atoms with Gasteiger partial charge in [-0.15, -0.1) is 0 Å². The van der Waals surface area contributed by atoms with Gasteiger partial charge >= 0.3 is 55.3 Å². The van der Waals surface area contributed by atoms with Crippen LogP contribution in [0.15, 0.2) is 23.6 Å². The second-order valence-electron chi connectivity index (χ2n) is 5.10. The molecule has 140 valence electrons. The van der Waals surface area contributed by atoms with Gasteiger partial charge in [0, 0.05) is 19.7 Å². The van der Waals surface area contributed by atoms with Crippen LogP contribution in [0.1, 0.15) is 13.8 Å². The van der Waals surface area contributed by atoms with E-state index >= 15 is 0 Å². The third-order valence-corrected chi connectivity index (χ3v) is 3.25. The summed E-state index contributed by atoms with van der Waals surface area (Å²) in [5, 5.41) is 0. The fraction of sp³-hybridized carbons (Fsp3) is 0.643. The topological polar surface area (TPSA) is 67.3 Å². The molecule has 0 N–H and O–H groups in total. The van der Waals surface area contributed by atoms with Crippen molar-refractivity contribution in [1.29, 1.82) is 0 Å². The number of halogens is 4. The van der Waals surface area contributed by atoms with Crippen molar-refractivity contribution in [2.75, 3.05) is 39.5 Å². The van der Waals surface area contributed by atoms with Crippen molar-refractivity contribution in [1.82, 2.24) is 4.90 Å². The maximum absolute atomic E-state index is 9.12. The first-order valence-corrected chi connectivity index (χ1v) is 23.7. The zero-order valence-corrected chi connectivity index (χ0v) is 20.3. The van der Waals surface area contributed by atoms with Crippen LogP contribution >= 0.6 is 38.8 Å². The van der Waals surface area contributed by atoms with Crippen LogP contribution in [0.4, 0.5) is 0 Å². The fourth-order valence-corrected chi connectivity index (χ4v) is 2.34. The van der Waals surface area contributed by atoms with Crippen LogP contribution < -0.4 is 0 Å². The molecule has 1 unspecified atom stereocenters. The molecule has 11 heteroatoms. The summed E-state index contributed by atoms with van der Waals surface area (Å²) in [6.45, 7) is 8.01. The Hall–Kier alpha value is 0.163. The second-order valence-corrected chi connectivity index (χ2v) is 32.8. The van der Waals surface area contributed by atoms with E-state index in [1.807, 2.05) is 19.9 Å². The van der Waals surface area contributed by atoms with Crippen molar-refractivity contribution >= 4 is 44.5 Å². The van der Waals surface area contributed by atoms with Crippen molar-refractivity contribution in [3.05, 3.63) is 29.1 Å². The molecule has 0 saturated carbocycles. The standard InChI is InChI=1S/C14H21N3O3.4ClH.Zn/c1-3-19-13-10-12(17-5-7-18-8-6-17)14(20-4-2)9-11(13)16-15;;;;;/h9-10,13H,3-8H2,1-2H3;4*1H;/q;;;;;+4/p-4. The van der Waals surface area contributed by atoms with Crippen LogP contribution in [0.25, 0.3) is 5.53 Å². The van der Waals surface area contributed by atoms with E-state index in [9.17, 15) is 0 Å². The molecule has 2 rings (SSSR count). The Morgan fingerprint density at radius 1 is 1.24 bits per heavy atom. The van der Waals surface area contributed by atoms with Crippen LogP contribution in [0.5, 0.6) is 0 Å². The molecule has 1 aliphatic heterocycles. The van der Waals surface area contributed by atoms with E-state index < -0.39 is 10.8 Å². The molecule has 1 fully saturated rings. The van der Waals surface area contributed by atoms with Crippen molar-refractivity contribution in [2.24, 2.45) is 0 Å². The van der Waals surface area contributed by atoms with E-state index in [0.717, 1.165) is 24.5 Å². The van der Waals surface area contributed by atoms with E-state index in [0.29, 0.717) is 32.1 Å². The van der Waals surface area contributed by atoms with Gasteiger partial charge in [0.15, 0.2) is 6.10 Å². The maximum atomic E-state index is 9.12. The van der Waals surface area contributed by atoms with E-state index in [2.05, 4.69) is 9.69 Å². The van der Waals surface area contributed by atoms with E-state index in [1.165, 1.54) is 0 Å². The van der Waals surface area contributed by atoms with Crippen LogP contribution in [0.3, 0.4) is 0 Å². The van der Waals surface area contributed by atoms with Gasteiger partial charge in [0.05, 0.1) is 31.6 Å². The first kappa shape index (κ1) is 23.2. The van der Waals surface area contributed by atoms with Crippen molar-refractivity contribution in [3.8, 4) is 0 Å². The van der Waals surface area contributed by atoms with Crippen molar-refractivity contribution < 1.29 is 29.8 Å². The number of ether oxygens (including phenoxy) is 3. The Balaban J connectivity index is 0.000000550. The summed E-state index contributed by atoms with van der Waals surface area (Å²) in [4.78, 5) is 5.52. The van der Waals surface area contributed by atoms with Crippen LogP contribution in [0, 0.1) is 0 Å². The Labute approximate surface area is 167 Å². The van der Waals surface area contributed by atoms with Gasteiger partial charge in [-0.2, -0.15) is 4.79 Å². The summed E-state index contributed by atoms with van der Waals surface area (Å²) in [6.07, 6.45) is 3.36. The van der Waals surface area contributed by atoms with E-state index in [-0.39, 0.29) is 6.10 Å². The molecule has 2 aliphatic rings. The molecule has 1 aliphatic carbocycles. The Morgan fingerprint density at radius 2 is 1.84 bits per heavy atom. The molecule has 6 nitrogen and oxygen atoms in total. The normalized spacial score (nSPS) is 20.2. The Kier molecular flexibility index (Phi) is 10.9. The zero-order valence-electron chi connectivity index (χ0n) is 14.3. The minimum atomic E-state index is -3.36. The van der Waals surface area contributed by atoms with Gasteiger partial charge in [0.25, 0.3) is 0 Å². The average Bonchev–Trinajstić information content (AvgIpc) is 2.55. The predicted octanol–water partition coefficient (Wildman–Crippen LogP) is 3.97. The number of morpholine rings is 1. The molecule has 0 amide bonds. The Morgan fingerprint density at radius 3 is 2.32 bits per heavy atom. The minimum absolute atomic E-state index is 0.341. The first-order chi connectivity index (χ1) is 11.8. The van der Waals surface area contributed by atoms with Crippen LogP contribution in [0.2, 0.25) is 0 Å². The number of nitrogens with zero attached hydrogens (tertiary/aromatic N) is 3. The van der Waals surface area contributed by atoms with Crippen LogP contribution in [-0.2, 0) is 25.0 Å². The molecule has 0 spiro atoms. The monoisotopic (exact) mass is 483 g/mol. The molecular weight excluding hydrogens is 465 g/mol. The second kappa shape index (κ2) is 11.8. The van der Waals surface area contributed by atoms with E-state index in [4.69, 9.17) is 58.5 Å². The third kappa shape index (κ3) is 9.08. The van der Waals surface area contributed by atoms with Gasteiger partial charge in [0.2, 0.25) is 0 Å². The summed E-state index contributed by atoms with van der Waals surface area (Å²) in [6, 6.07) is 0. The van der Waals surface area contributed by atoms with Gasteiger partial charge in [0.1, 0.15) is 5.76 Å². The number of hydrogen-bond acceptors (Lipinski definition) is 4. The molecule has 1 heterocycles.